The lowest BCUT2D eigenvalue weighted by Crippen LogP contribution is -2.46. The summed E-state index contributed by atoms with van der Waals surface area (Å²) in [5.41, 5.74) is 1.12. The van der Waals surface area contributed by atoms with Gasteiger partial charge in [-0.1, -0.05) is 30.3 Å². The van der Waals surface area contributed by atoms with Crippen LogP contribution in [0.5, 0.6) is 0 Å². The molecule has 1 unspecified atom stereocenters. The summed E-state index contributed by atoms with van der Waals surface area (Å²) >= 11 is 4.44. The third-order valence-corrected chi connectivity index (χ3v) is 3.85. The first-order valence-corrected chi connectivity index (χ1v) is 6.62. The lowest BCUT2D eigenvalue weighted by atomic mass is 9.97. The molecule has 0 spiro atoms. The van der Waals surface area contributed by atoms with Gasteiger partial charge in [0.25, 0.3) is 0 Å². The molecule has 0 heterocycles. The molecule has 1 aromatic rings. The average Bonchev–Trinajstić information content (AvgIpc) is 2.36. The van der Waals surface area contributed by atoms with E-state index >= 15 is 0 Å². The minimum Gasteiger partial charge on any atom is -0.394 e. The Morgan fingerprint density at radius 3 is 2.35 bits per heavy atom. The van der Waals surface area contributed by atoms with E-state index in [-0.39, 0.29) is 12.1 Å². The van der Waals surface area contributed by atoms with Crippen LogP contribution in [0.1, 0.15) is 25.3 Å². The number of benzene rings is 1. The van der Waals surface area contributed by atoms with Crippen LogP contribution in [0.3, 0.4) is 0 Å². The largest absolute Gasteiger partial charge is 0.394 e. The number of likely N-dealkylation sites (N-methyl/N-ethyl adjacent to an activating group) is 1. The number of thiol groups is 1. The smallest absolute Gasteiger partial charge is 0.0609 e. The van der Waals surface area contributed by atoms with Crippen molar-refractivity contribution in [2.45, 2.75) is 25.3 Å². The molecule has 0 amide bonds. The fraction of sp³-hybridized carbons (Fsp3) is 0.571. The van der Waals surface area contributed by atoms with Gasteiger partial charge >= 0.3 is 0 Å². The summed E-state index contributed by atoms with van der Waals surface area (Å²) < 4.78 is 0. The fourth-order valence-corrected chi connectivity index (χ4v) is 2.02. The Balaban J connectivity index is 2.71. The van der Waals surface area contributed by atoms with Crippen molar-refractivity contribution in [1.29, 1.82) is 0 Å². The zero-order chi connectivity index (χ0) is 12.9. The van der Waals surface area contributed by atoms with Crippen LogP contribution in [-0.4, -0.2) is 41.5 Å². The van der Waals surface area contributed by atoms with Gasteiger partial charge in [-0.05, 0) is 32.2 Å². The monoisotopic (exact) mass is 253 g/mol. The molecule has 2 nitrogen and oxygen atoms in total. The van der Waals surface area contributed by atoms with Crippen LogP contribution in [-0.2, 0) is 0 Å². The predicted molar refractivity (Wildman–Crippen MR) is 76.8 cm³/mol. The molecule has 17 heavy (non-hydrogen) atoms. The van der Waals surface area contributed by atoms with Crippen molar-refractivity contribution in [2.24, 2.45) is 0 Å². The van der Waals surface area contributed by atoms with Gasteiger partial charge in [0.15, 0.2) is 0 Å². The van der Waals surface area contributed by atoms with Gasteiger partial charge in [0.2, 0.25) is 0 Å². The minimum atomic E-state index is -0.185. The second-order valence-corrected chi connectivity index (χ2v) is 5.51. The normalized spacial score (nSPS) is 14.0. The minimum absolute atomic E-state index is 0.164. The molecule has 3 heteroatoms. The van der Waals surface area contributed by atoms with Crippen LogP contribution in [0.25, 0.3) is 0 Å². The van der Waals surface area contributed by atoms with Crippen LogP contribution in [0, 0.1) is 0 Å². The molecule has 1 rings (SSSR count). The van der Waals surface area contributed by atoms with Crippen molar-refractivity contribution < 1.29 is 5.11 Å². The van der Waals surface area contributed by atoms with Crippen LogP contribution in [0.4, 0.5) is 0 Å². The van der Waals surface area contributed by atoms with E-state index in [0.29, 0.717) is 5.92 Å². The fourth-order valence-electron chi connectivity index (χ4n) is 1.69. The van der Waals surface area contributed by atoms with Gasteiger partial charge in [0.05, 0.1) is 6.61 Å². The Labute approximate surface area is 110 Å². The maximum absolute atomic E-state index is 9.36. The highest BCUT2D eigenvalue weighted by atomic mass is 32.1. The summed E-state index contributed by atoms with van der Waals surface area (Å²) in [6, 6.07) is 10.4. The van der Waals surface area contributed by atoms with Crippen LogP contribution in [0.2, 0.25) is 0 Å². The molecule has 1 aromatic carbocycles. The van der Waals surface area contributed by atoms with Gasteiger partial charge in [0.1, 0.15) is 0 Å². The summed E-state index contributed by atoms with van der Waals surface area (Å²) in [5, 5.41) is 9.36. The van der Waals surface area contributed by atoms with E-state index in [2.05, 4.69) is 48.8 Å². The van der Waals surface area contributed by atoms with Crippen LogP contribution < -0.4 is 0 Å². The molecule has 0 aliphatic carbocycles. The standard InChI is InChI=1S/C14H23NOS/c1-14(2,11-16)15(3)9-13(10-17)12-7-5-4-6-8-12/h4-8,13,16-17H,9-11H2,1-3H3. The summed E-state index contributed by atoms with van der Waals surface area (Å²) in [4.78, 5) is 2.20. The van der Waals surface area contributed by atoms with Gasteiger partial charge in [0, 0.05) is 18.0 Å². The van der Waals surface area contributed by atoms with E-state index in [1.165, 1.54) is 5.56 Å². The van der Waals surface area contributed by atoms with Crippen molar-refractivity contribution in [1.82, 2.24) is 4.90 Å². The predicted octanol–water partition coefficient (Wildman–Crippen LogP) is 2.40. The topological polar surface area (TPSA) is 23.5 Å². The molecule has 0 aliphatic heterocycles. The molecule has 0 fully saturated rings. The molecule has 0 bridgehead atoms. The third kappa shape index (κ3) is 4.02. The molecule has 0 saturated carbocycles. The Morgan fingerprint density at radius 2 is 1.88 bits per heavy atom. The summed E-state index contributed by atoms with van der Waals surface area (Å²) in [7, 11) is 2.05. The first kappa shape index (κ1) is 14.6. The zero-order valence-electron chi connectivity index (χ0n) is 10.9. The molecule has 96 valence electrons. The maximum Gasteiger partial charge on any atom is 0.0609 e. The quantitative estimate of drug-likeness (QED) is 0.761. The van der Waals surface area contributed by atoms with Crippen molar-refractivity contribution >= 4 is 12.6 Å². The average molecular weight is 253 g/mol. The van der Waals surface area contributed by atoms with E-state index in [1.54, 1.807) is 0 Å². The van der Waals surface area contributed by atoms with E-state index in [4.69, 9.17) is 0 Å². The van der Waals surface area contributed by atoms with Crippen LogP contribution in [0.15, 0.2) is 30.3 Å². The molecule has 0 aromatic heterocycles. The van der Waals surface area contributed by atoms with E-state index < -0.39 is 0 Å². The van der Waals surface area contributed by atoms with Gasteiger partial charge in [-0.25, -0.2) is 0 Å². The lowest BCUT2D eigenvalue weighted by molar-refractivity contribution is 0.0756. The van der Waals surface area contributed by atoms with Crippen LogP contribution >= 0.6 is 12.6 Å². The van der Waals surface area contributed by atoms with Gasteiger partial charge in [-0.3, -0.25) is 4.90 Å². The first-order chi connectivity index (χ1) is 8.01. The Kier molecular flexibility index (Phi) is 5.50. The molecular weight excluding hydrogens is 230 g/mol. The maximum atomic E-state index is 9.36. The Bertz CT molecular complexity index is 326. The summed E-state index contributed by atoms with van der Waals surface area (Å²) in [6.07, 6.45) is 0. The van der Waals surface area contributed by atoms with Crippen molar-refractivity contribution in [3.05, 3.63) is 35.9 Å². The number of aliphatic hydroxyl groups excluding tert-OH is 1. The number of hydrogen-bond donors (Lipinski definition) is 2. The second-order valence-electron chi connectivity index (χ2n) is 5.14. The number of aliphatic hydroxyl groups is 1. The molecule has 0 aliphatic rings. The summed E-state index contributed by atoms with van der Waals surface area (Å²) in [5.74, 6) is 1.21. The summed E-state index contributed by atoms with van der Waals surface area (Å²) in [6.45, 7) is 5.17. The number of nitrogens with zero attached hydrogens (tertiary/aromatic N) is 1. The SMILES string of the molecule is CN(CC(CS)c1ccccc1)C(C)(C)CO. The van der Waals surface area contributed by atoms with Crippen molar-refractivity contribution in [2.75, 3.05) is 26.0 Å². The molecule has 0 radical (unpaired) electrons. The highest BCUT2D eigenvalue weighted by molar-refractivity contribution is 7.80. The lowest BCUT2D eigenvalue weighted by Gasteiger charge is -2.36. The zero-order valence-corrected chi connectivity index (χ0v) is 11.8. The highest BCUT2D eigenvalue weighted by Gasteiger charge is 2.24. The van der Waals surface area contributed by atoms with E-state index in [1.807, 2.05) is 19.9 Å². The third-order valence-electron chi connectivity index (χ3n) is 3.41. The molecule has 1 N–H and O–H groups in total. The number of hydrogen-bond acceptors (Lipinski definition) is 3. The van der Waals surface area contributed by atoms with E-state index in [9.17, 15) is 5.11 Å². The Hall–Kier alpha value is -0.510. The molecular formula is C14H23NOS. The van der Waals surface area contributed by atoms with Gasteiger partial charge in [-0.15, -0.1) is 0 Å². The number of rotatable bonds is 6. The highest BCUT2D eigenvalue weighted by Crippen LogP contribution is 2.21. The van der Waals surface area contributed by atoms with Crippen molar-refractivity contribution in [3.8, 4) is 0 Å². The van der Waals surface area contributed by atoms with Gasteiger partial charge in [-0.2, -0.15) is 12.6 Å². The van der Waals surface area contributed by atoms with E-state index in [0.717, 1.165) is 12.3 Å². The van der Waals surface area contributed by atoms with Crippen molar-refractivity contribution in [3.63, 3.8) is 0 Å². The molecule has 0 saturated heterocycles. The van der Waals surface area contributed by atoms with Gasteiger partial charge < -0.3 is 5.11 Å². The Morgan fingerprint density at radius 1 is 1.29 bits per heavy atom. The first-order valence-electron chi connectivity index (χ1n) is 5.99. The molecule has 1 atom stereocenters. The second kappa shape index (κ2) is 6.43.